The number of carbonyl (C=O) groups is 2. The molecule has 2 saturated heterocycles. The molecule has 9 heteroatoms. The summed E-state index contributed by atoms with van der Waals surface area (Å²) in [6, 6.07) is 22.8. The van der Waals surface area contributed by atoms with Crippen LogP contribution in [0, 0.1) is 24.1 Å². The van der Waals surface area contributed by atoms with Gasteiger partial charge in [-0.1, -0.05) is 50.2 Å². The molecule has 0 bridgehead atoms. The van der Waals surface area contributed by atoms with Gasteiger partial charge in [-0.15, -0.1) is 0 Å². The molecule has 49 heavy (non-hydrogen) atoms. The van der Waals surface area contributed by atoms with Crippen molar-refractivity contribution in [3.63, 3.8) is 0 Å². The van der Waals surface area contributed by atoms with Crippen molar-refractivity contribution < 1.29 is 18.7 Å². The average molecular weight is 666 g/mol. The predicted octanol–water partition coefficient (Wildman–Crippen LogP) is 6.71. The van der Waals surface area contributed by atoms with Crippen molar-refractivity contribution in [2.75, 3.05) is 56.7 Å². The van der Waals surface area contributed by atoms with Crippen LogP contribution in [0.2, 0.25) is 0 Å². The molecular weight excluding hydrogens is 617 g/mol. The van der Waals surface area contributed by atoms with Gasteiger partial charge in [0.1, 0.15) is 11.4 Å². The van der Waals surface area contributed by atoms with Crippen LogP contribution >= 0.6 is 0 Å². The van der Waals surface area contributed by atoms with E-state index in [0.29, 0.717) is 50.4 Å². The van der Waals surface area contributed by atoms with E-state index >= 15 is 4.39 Å². The summed E-state index contributed by atoms with van der Waals surface area (Å²) in [7, 11) is 2.04. The lowest BCUT2D eigenvalue weighted by molar-refractivity contribution is -0.150. The number of halogens is 1. The van der Waals surface area contributed by atoms with Crippen molar-refractivity contribution in [2.45, 2.75) is 58.0 Å². The molecule has 3 aromatic carbocycles. The zero-order chi connectivity index (χ0) is 34.3. The number of aryl methyl sites for hydroxylation is 1. The molecule has 2 N–H and O–H groups in total. The number of amides is 2. The van der Waals surface area contributed by atoms with Gasteiger partial charge in [0.15, 0.2) is 0 Å². The normalized spacial score (nSPS) is 21.8. The summed E-state index contributed by atoms with van der Waals surface area (Å²) >= 11 is 0. The number of aromatic nitrogens is 1. The summed E-state index contributed by atoms with van der Waals surface area (Å²) in [5, 5.41) is 4.38. The Labute approximate surface area is 288 Å². The molecule has 3 heterocycles. The van der Waals surface area contributed by atoms with Crippen molar-refractivity contribution in [2.24, 2.45) is 11.3 Å². The summed E-state index contributed by atoms with van der Waals surface area (Å²) in [6.07, 6.45) is 1.20. The topological polar surface area (TPSA) is 80.9 Å². The standard InChI is InChI=1S/C40H48FN5O3/c1-27-36(31-10-6-8-12-34(31)42-27)37-32(39(37,2)3)25-35(47)46(26-28-9-5-7-11-33(28)41)40(17-19-44(4)20-18-40)38(48)43-29-13-15-30(16-14-29)45-21-23-49-24-22-45/h5-16,32,37,42H,17-26H2,1-4H3,(H,43,48)/t32-,37-/m1/s1. The van der Waals surface area contributed by atoms with Crippen LogP contribution in [0.5, 0.6) is 0 Å². The molecule has 3 fully saturated rings. The molecule has 4 aromatic rings. The molecule has 2 amide bonds. The lowest BCUT2D eigenvalue weighted by atomic mass is 9.83. The van der Waals surface area contributed by atoms with Crippen LogP contribution in [0.1, 0.15) is 55.8 Å². The number of rotatable bonds is 9. The van der Waals surface area contributed by atoms with E-state index in [-0.39, 0.29) is 47.8 Å². The highest BCUT2D eigenvalue weighted by Crippen LogP contribution is 2.67. The predicted molar refractivity (Wildman–Crippen MR) is 192 cm³/mol. The van der Waals surface area contributed by atoms with Crippen LogP contribution in [-0.2, 0) is 20.9 Å². The lowest BCUT2D eigenvalue weighted by Gasteiger charge is -2.47. The third kappa shape index (κ3) is 6.34. The zero-order valence-electron chi connectivity index (χ0n) is 29.1. The third-order valence-electron chi connectivity index (χ3n) is 11.5. The molecule has 1 aromatic heterocycles. The van der Waals surface area contributed by atoms with E-state index in [1.165, 1.54) is 17.0 Å². The van der Waals surface area contributed by atoms with Crippen LogP contribution < -0.4 is 10.2 Å². The fourth-order valence-electron chi connectivity index (χ4n) is 8.40. The Hall–Kier alpha value is -4.21. The average Bonchev–Trinajstić information content (AvgIpc) is 3.45. The van der Waals surface area contributed by atoms with E-state index in [9.17, 15) is 9.59 Å². The fourth-order valence-corrected chi connectivity index (χ4v) is 8.40. The van der Waals surface area contributed by atoms with Gasteiger partial charge < -0.3 is 29.7 Å². The van der Waals surface area contributed by atoms with E-state index in [1.54, 1.807) is 23.1 Å². The van der Waals surface area contributed by atoms with E-state index < -0.39 is 5.54 Å². The van der Waals surface area contributed by atoms with Crippen molar-refractivity contribution >= 4 is 34.1 Å². The molecule has 2 aliphatic heterocycles. The van der Waals surface area contributed by atoms with E-state index in [0.717, 1.165) is 30.0 Å². The highest BCUT2D eigenvalue weighted by molar-refractivity contribution is 6.01. The number of nitrogens with zero attached hydrogens (tertiary/aromatic N) is 3. The maximum absolute atomic E-state index is 15.3. The largest absolute Gasteiger partial charge is 0.378 e. The van der Waals surface area contributed by atoms with Gasteiger partial charge >= 0.3 is 0 Å². The van der Waals surface area contributed by atoms with Crippen LogP contribution in [0.3, 0.4) is 0 Å². The first-order valence-corrected chi connectivity index (χ1v) is 17.6. The number of likely N-dealkylation sites (tertiary alicyclic amines) is 1. The number of anilines is 2. The number of carbonyl (C=O) groups excluding carboxylic acids is 2. The van der Waals surface area contributed by atoms with Crippen LogP contribution in [-0.4, -0.2) is 78.6 Å². The van der Waals surface area contributed by atoms with Gasteiger partial charge in [0.05, 0.1) is 13.2 Å². The van der Waals surface area contributed by atoms with Gasteiger partial charge in [0, 0.05) is 72.7 Å². The summed E-state index contributed by atoms with van der Waals surface area (Å²) in [6.45, 7) is 11.0. The molecular formula is C40H48FN5O3. The molecule has 0 unspecified atom stereocenters. The smallest absolute Gasteiger partial charge is 0.250 e. The zero-order valence-corrected chi connectivity index (χ0v) is 29.1. The quantitative estimate of drug-likeness (QED) is 0.208. The molecule has 7 rings (SSSR count). The molecule has 1 saturated carbocycles. The Morgan fingerprint density at radius 2 is 1.63 bits per heavy atom. The molecule has 258 valence electrons. The summed E-state index contributed by atoms with van der Waals surface area (Å²) in [5.41, 5.74) is 4.42. The fraction of sp³-hybridized carbons (Fsp3) is 0.450. The van der Waals surface area contributed by atoms with Gasteiger partial charge in [-0.25, -0.2) is 4.39 Å². The van der Waals surface area contributed by atoms with E-state index in [2.05, 4.69) is 59.1 Å². The maximum Gasteiger partial charge on any atom is 0.250 e. The lowest BCUT2D eigenvalue weighted by Crippen LogP contribution is -2.63. The Morgan fingerprint density at radius 1 is 0.959 bits per heavy atom. The van der Waals surface area contributed by atoms with Gasteiger partial charge in [0.2, 0.25) is 11.8 Å². The number of fused-ring (bicyclic) bond motifs is 1. The van der Waals surface area contributed by atoms with Gasteiger partial charge in [-0.2, -0.15) is 0 Å². The SMILES string of the molecule is Cc1[nH]c2ccccc2c1[C@H]1[C@@H](CC(=O)N(Cc2ccccc2F)C2(C(=O)Nc3ccc(N4CCOCC4)cc3)CCN(C)CC2)C1(C)C. The monoisotopic (exact) mass is 665 g/mol. The van der Waals surface area contributed by atoms with Crippen molar-refractivity contribution in [1.82, 2.24) is 14.8 Å². The number of hydrogen-bond donors (Lipinski definition) is 2. The Balaban J connectivity index is 1.19. The Morgan fingerprint density at radius 3 is 2.35 bits per heavy atom. The number of morpholine rings is 1. The van der Waals surface area contributed by atoms with E-state index in [1.807, 2.05) is 37.4 Å². The van der Waals surface area contributed by atoms with Crippen molar-refractivity contribution in [3.8, 4) is 0 Å². The molecule has 3 aliphatic rings. The molecule has 2 atom stereocenters. The van der Waals surface area contributed by atoms with Gasteiger partial charge in [0.25, 0.3) is 0 Å². The van der Waals surface area contributed by atoms with Crippen LogP contribution in [0.15, 0.2) is 72.8 Å². The van der Waals surface area contributed by atoms with Gasteiger partial charge in [-0.3, -0.25) is 9.59 Å². The van der Waals surface area contributed by atoms with E-state index in [4.69, 9.17) is 4.74 Å². The Kier molecular flexibility index (Phi) is 9.00. The minimum Gasteiger partial charge on any atom is -0.378 e. The summed E-state index contributed by atoms with van der Waals surface area (Å²) in [4.78, 5) is 39.2. The number of benzene rings is 3. The van der Waals surface area contributed by atoms with Gasteiger partial charge in [-0.05, 0) is 86.0 Å². The number of piperidine rings is 1. The second-order valence-corrected chi connectivity index (χ2v) is 14.8. The molecule has 8 nitrogen and oxygen atoms in total. The Bertz CT molecular complexity index is 1820. The highest BCUT2D eigenvalue weighted by atomic mass is 19.1. The number of nitrogens with one attached hydrogen (secondary N) is 2. The first-order valence-electron chi connectivity index (χ1n) is 17.6. The molecule has 0 radical (unpaired) electrons. The minimum atomic E-state index is -1.14. The number of H-pyrrole nitrogens is 1. The second-order valence-electron chi connectivity index (χ2n) is 14.8. The number of hydrogen-bond acceptors (Lipinski definition) is 5. The third-order valence-corrected chi connectivity index (χ3v) is 11.5. The molecule has 1 aliphatic carbocycles. The number of para-hydroxylation sites is 1. The summed E-state index contributed by atoms with van der Waals surface area (Å²) < 4.78 is 20.8. The first-order chi connectivity index (χ1) is 23.6. The van der Waals surface area contributed by atoms with Crippen molar-refractivity contribution in [1.29, 1.82) is 0 Å². The second kappa shape index (κ2) is 13.2. The van der Waals surface area contributed by atoms with Crippen LogP contribution in [0.25, 0.3) is 10.9 Å². The van der Waals surface area contributed by atoms with Crippen molar-refractivity contribution in [3.05, 3.63) is 95.4 Å². The number of ether oxygens (including phenoxy) is 1. The minimum absolute atomic E-state index is 0.0303. The highest BCUT2D eigenvalue weighted by Gasteiger charge is 2.60. The number of aromatic amines is 1. The molecule has 0 spiro atoms. The summed E-state index contributed by atoms with van der Waals surface area (Å²) in [5.74, 6) is -0.427. The maximum atomic E-state index is 15.3. The van der Waals surface area contributed by atoms with Crippen LogP contribution in [0.4, 0.5) is 15.8 Å². The first kappa shape index (κ1) is 33.3.